The van der Waals surface area contributed by atoms with E-state index >= 15 is 0 Å². The molecular formula is C20H19N4O4+. The lowest BCUT2D eigenvalue weighted by atomic mass is 10.0. The van der Waals surface area contributed by atoms with Crippen LogP contribution in [0.5, 0.6) is 5.75 Å². The molecule has 28 heavy (non-hydrogen) atoms. The number of ether oxygens (including phenoxy) is 1. The van der Waals surface area contributed by atoms with Crippen LogP contribution < -0.4 is 14.2 Å². The quantitative estimate of drug-likeness (QED) is 0.415. The first-order valence-corrected chi connectivity index (χ1v) is 8.73. The Kier molecular flexibility index (Phi) is 4.40. The first kappa shape index (κ1) is 17.9. The summed E-state index contributed by atoms with van der Waals surface area (Å²) in [5.41, 5.74) is 0.142. The molecule has 2 heterocycles. The molecule has 0 saturated heterocycles. The van der Waals surface area contributed by atoms with E-state index in [2.05, 4.69) is 4.98 Å². The van der Waals surface area contributed by atoms with Crippen LogP contribution in [0.25, 0.3) is 0 Å². The molecule has 0 radical (unpaired) electrons. The van der Waals surface area contributed by atoms with E-state index in [4.69, 9.17) is 4.74 Å². The molecule has 4 rings (SSSR count). The van der Waals surface area contributed by atoms with Crippen molar-refractivity contribution >= 4 is 11.6 Å². The second kappa shape index (κ2) is 6.90. The van der Waals surface area contributed by atoms with Crippen LogP contribution in [-0.2, 0) is 18.8 Å². The molecule has 1 aliphatic rings. The molecule has 8 heteroatoms. The molecule has 142 valence electrons. The van der Waals surface area contributed by atoms with E-state index in [0.717, 1.165) is 11.3 Å². The molecule has 0 saturated carbocycles. The molecule has 1 unspecified atom stereocenters. The molecule has 0 aliphatic carbocycles. The first-order valence-electron chi connectivity index (χ1n) is 8.73. The smallest absolute Gasteiger partial charge is 0.397 e. The maximum atomic E-state index is 11.6. The molecule has 1 aromatic heterocycles. The summed E-state index contributed by atoms with van der Waals surface area (Å²) < 4.78 is 7.07. The van der Waals surface area contributed by atoms with Crippen molar-refractivity contribution in [3.8, 4) is 5.75 Å². The zero-order chi connectivity index (χ0) is 19.7. The fourth-order valence-corrected chi connectivity index (χ4v) is 3.44. The number of methoxy groups -OCH3 is 1. The summed E-state index contributed by atoms with van der Waals surface area (Å²) in [4.78, 5) is 16.7. The summed E-state index contributed by atoms with van der Waals surface area (Å²) in [5.74, 6) is 1.38. The molecular weight excluding hydrogens is 360 g/mol. The second-order valence-corrected chi connectivity index (χ2v) is 6.60. The Morgan fingerprint density at radius 3 is 2.61 bits per heavy atom. The Morgan fingerprint density at radius 2 is 1.96 bits per heavy atom. The molecule has 0 fully saturated rings. The maximum Gasteiger partial charge on any atom is 0.397 e. The van der Waals surface area contributed by atoms with Crippen molar-refractivity contribution in [1.82, 2.24) is 4.98 Å². The lowest BCUT2D eigenvalue weighted by molar-refractivity contribution is -0.685. The third-order valence-electron chi connectivity index (χ3n) is 4.92. The highest BCUT2D eigenvalue weighted by molar-refractivity contribution is 5.43. The van der Waals surface area contributed by atoms with Gasteiger partial charge in [0.15, 0.2) is 0 Å². The third-order valence-corrected chi connectivity index (χ3v) is 4.92. The van der Waals surface area contributed by atoms with Crippen molar-refractivity contribution < 1.29 is 19.3 Å². The molecule has 3 aromatic rings. The number of anilines is 1. The Bertz CT molecular complexity index is 1010. The number of hydrogen-bond donors (Lipinski definition) is 1. The Morgan fingerprint density at radius 1 is 1.25 bits per heavy atom. The van der Waals surface area contributed by atoms with Gasteiger partial charge in [0, 0.05) is 23.8 Å². The van der Waals surface area contributed by atoms with Crippen LogP contribution >= 0.6 is 0 Å². The van der Waals surface area contributed by atoms with Gasteiger partial charge in [-0.1, -0.05) is 17.1 Å². The third kappa shape index (κ3) is 3.03. The number of non-ortho nitro benzene ring substituents is 1. The van der Waals surface area contributed by atoms with Crippen LogP contribution in [0.2, 0.25) is 0 Å². The number of nitro benzene ring substituents is 1. The molecule has 8 nitrogen and oxygen atoms in total. The zero-order valence-electron chi connectivity index (χ0n) is 15.2. The molecule has 0 bridgehead atoms. The Hall–Kier alpha value is -3.52. The molecule has 1 atom stereocenters. The summed E-state index contributed by atoms with van der Waals surface area (Å²) in [6, 6.07) is 15.4. The molecule has 0 spiro atoms. The number of nitro groups is 1. The number of rotatable bonds is 5. The largest absolute Gasteiger partial charge is 0.497 e. The Labute approximate surface area is 161 Å². The van der Waals surface area contributed by atoms with Crippen molar-refractivity contribution in [1.29, 1.82) is 0 Å². The summed E-state index contributed by atoms with van der Waals surface area (Å²) in [6.45, 7) is 0.679. The number of aromatic nitrogens is 2. The fourth-order valence-electron chi connectivity index (χ4n) is 3.44. The van der Waals surface area contributed by atoms with Crippen molar-refractivity contribution in [3.63, 3.8) is 0 Å². The number of benzene rings is 2. The van der Waals surface area contributed by atoms with Gasteiger partial charge in [0.25, 0.3) is 5.69 Å². The van der Waals surface area contributed by atoms with Crippen LogP contribution in [0.3, 0.4) is 0 Å². The van der Waals surface area contributed by atoms with Gasteiger partial charge in [-0.2, -0.15) is 0 Å². The average molecular weight is 379 g/mol. The van der Waals surface area contributed by atoms with E-state index in [-0.39, 0.29) is 12.2 Å². The lowest BCUT2D eigenvalue weighted by Gasteiger charge is -2.28. The first-order chi connectivity index (χ1) is 13.5. The van der Waals surface area contributed by atoms with E-state index in [1.807, 2.05) is 35.0 Å². The topological polar surface area (TPSA) is 92.6 Å². The van der Waals surface area contributed by atoms with Gasteiger partial charge >= 0.3 is 5.95 Å². The average Bonchev–Trinajstić information content (AvgIpc) is 3.01. The normalized spacial score (nSPS) is 18.0. The highest BCUT2D eigenvalue weighted by Gasteiger charge is 2.51. The van der Waals surface area contributed by atoms with E-state index in [1.165, 1.54) is 12.1 Å². The molecule has 2 aromatic carbocycles. The van der Waals surface area contributed by atoms with Crippen LogP contribution in [0.1, 0.15) is 11.1 Å². The summed E-state index contributed by atoms with van der Waals surface area (Å²) >= 11 is 0. The van der Waals surface area contributed by atoms with Gasteiger partial charge < -0.3 is 9.84 Å². The standard InChI is InChI=1S/C20H19N4O4/c1-28-18-9-3-15(4-10-18)13-23-19-21-11-2-12-22(19)14-20(23,25)16-5-7-17(8-6-16)24(26)27/h2-12,25H,13-14H2,1H3/q+1. The van der Waals surface area contributed by atoms with Crippen LogP contribution in [-0.4, -0.2) is 22.1 Å². The van der Waals surface area contributed by atoms with E-state index in [1.54, 1.807) is 36.4 Å². The highest BCUT2D eigenvalue weighted by Crippen LogP contribution is 2.35. The van der Waals surface area contributed by atoms with Gasteiger partial charge in [0.05, 0.1) is 24.8 Å². The maximum absolute atomic E-state index is 11.6. The summed E-state index contributed by atoms with van der Waals surface area (Å²) in [5, 5.41) is 22.6. The van der Waals surface area contributed by atoms with E-state index < -0.39 is 10.6 Å². The summed E-state index contributed by atoms with van der Waals surface area (Å²) in [7, 11) is 1.61. The van der Waals surface area contributed by atoms with Crippen molar-refractivity contribution in [2.75, 3.05) is 12.0 Å². The van der Waals surface area contributed by atoms with E-state index in [9.17, 15) is 15.2 Å². The van der Waals surface area contributed by atoms with Gasteiger partial charge in [-0.05, 0) is 29.8 Å². The predicted octanol–water partition coefficient (Wildman–Crippen LogP) is 2.15. The van der Waals surface area contributed by atoms with Crippen molar-refractivity contribution in [2.24, 2.45) is 0 Å². The van der Waals surface area contributed by atoms with Crippen LogP contribution in [0.4, 0.5) is 11.6 Å². The second-order valence-electron chi connectivity index (χ2n) is 6.60. The highest BCUT2D eigenvalue weighted by atomic mass is 16.6. The number of fused-ring (bicyclic) bond motifs is 1. The van der Waals surface area contributed by atoms with Crippen molar-refractivity contribution in [3.05, 3.63) is 88.2 Å². The number of nitrogens with zero attached hydrogens (tertiary/aromatic N) is 4. The Balaban J connectivity index is 1.73. The molecule has 1 aliphatic heterocycles. The zero-order valence-corrected chi connectivity index (χ0v) is 15.2. The fraction of sp³-hybridized carbons (Fsp3) is 0.200. The number of aliphatic hydroxyl groups is 1. The van der Waals surface area contributed by atoms with E-state index in [0.29, 0.717) is 18.1 Å². The van der Waals surface area contributed by atoms with Gasteiger partial charge in [-0.25, -0.2) is 9.47 Å². The van der Waals surface area contributed by atoms with Gasteiger partial charge in [0.2, 0.25) is 5.72 Å². The summed E-state index contributed by atoms with van der Waals surface area (Å²) in [6.07, 6.45) is 3.53. The minimum Gasteiger partial charge on any atom is -0.497 e. The minimum atomic E-state index is -1.38. The monoisotopic (exact) mass is 379 g/mol. The van der Waals surface area contributed by atoms with Crippen LogP contribution in [0.15, 0.2) is 67.0 Å². The van der Waals surface area contributed by atoms with Gasteiger partial charge in [-0.15, -0.1) is 0 Å². The molecule has 0 amide bonds. The van der Waals surface area contributed by atoms with Crippen LogP contribution in [0, 0.1) is 10.1 Å². The predicted molar refractivity (Wildman–Crippen MR) is 101 cm³/mol. The lowest BCUT2D eigenvalue weighted by Crippen LogP contribution is -2.45. The SMILES string of the molecule is COc1ccc(CN2c3nccc[n+]3CC2(O)c2ccc([N+](=O)[O-])cc2)cc1. The molecule has 1 N–H and O–H groups in total. The van der Waals surface area contributed by atoms with Crippen molar-refractivity contribution in [2.45, 2.75) is 18.8 Å². The van der Waals surface area contributed by atoms with Gasteiger partial charge in [0.1, 0.15) is 18.5 Å². The minimum absolute atomic E-state index is 0.0182. The van der Waals surface area contributed by atoms with Gasteiger partial charge in [-0.3, -0.25) is 10.1 Å². The number of hydrogen-bond acceptors (Lipinski definition) is 6.